The Labute approximate surface area is 185 Å². The largest absolute Gasteiger partial charge is 0.383 e. The van der Waals surface area contributed by atoms with E-state index in [4.69, 9.17) is 21.3 Å². The molecule has 0 bridgehead atoms. The summed E-state index contributed by atoms with van der Waals surface area (Å²) < 4.78 is 5.15. The van der Waals surface area contributed by atoms with Crippen LogP contribution in [-0.2, 0) is 14.3 Å². The summed E-state index contributed by atoms with van der Waals surface area (Å²) in [6, 6.07) is 12.9. The van der Waals surface area contributed by atoms with E-state index in [-0.39, 0.29) is 18.2 Å². The average molecular weight is 446 g/mol. The second-order valence-electron chi connectivity index (χ2n) is 7.04. The fraction of sp³-hybridized carbons (Fsp3) is 0.318. The lowest BCUT2D eigenvalue weighted by Gasteiger charge is -2.16. The highest BCUT2D eigenvalue weighted by molar-refractivity contribution is 8.15. The Hall–Kier alpha value is -2.35. The second-order valence-corrected chi connectivity index (χ2v) is 8.64. The van der Waals surface area contributed by atoms with Crippen LogP contribution in [0.2, 0.25) is 5.02 Å². The minimum atomic E-state index is -0.537. The molecule has 0 aromatic heterocycles. The first-order valence-electron chi connectivity index (χ1n) is 9.55. The Morgan fingerprint density at radius 1 is 1.27 bits per heavy atom. The topological polar surface area (TPSA) is 71.0 Å². The van der Waals surface area contributed by atoms with Crippen LogP contribution >= 0.6 is 23.4 Å². The lowest BCUT2D eigenvalue weighted by molar-refractivity contribution is -0.128. The number of carbonyl (C=O) groups is 2. The van der Waals surface area contributed by atoms with Crippen molar-refractivity contribution < 1.29 is 14.3 Å². The van der Waals surface area contributed by atoms with Crippen LogP contribution in [-0.4, -0.2) is 47.4 Å². The Bertz CT molecular complexity index is 980. The van der Waals surface area contributed by atoms with E-state index in [9.17, 15) is 9.59 Å². The molecule has 1 atom stereocenters. The highest BCUT2D eigenvalue weighted by atomic mass is 35.5. The second kappa shape index (κ2) is 10.1. The van der Waals surface area contributed by atoms with Gasteiger partial charge in [0.2, 0.25) is 11.8 Å². The van der Waals surface area contributed by atoms with Gasteiger partial charge < -0.3 is 10.1 Å². The Balaban J connectivity index is 1.77. The molecule has 0 aliphatic carbocycles. The molecule has 2 aromatic carbocycles. The van der Waals surface area contributed by atoms with Gasteiger partial charge in [0.1, 0.15) is 5.25 Å². The first-order valence-corrected chi connectivity index (χ1v) is 10.8. The maximum absolute atomic E-state index is 13.0. The van der Waals surface area contributed by atoms with Crippen molar-refractivity contribution in [3.8, 4) is 0 Å². The van der Waals surface area contributed by atoms with E-state index in [1.165, 1.54) is 11.8 Å². The average Bonchev–Trinajstić information content (AvgIpc) is 2.97. The van der Waals surface area contributed by atoms with Gasteiger partial charge in [0.25, 0.3) is 0 Å². The van der Waals surface area contributed by atoms with Gasteiger partial charge in [-0.1, -0.05) is 41.6 Å². The number of methoxy groups -OCH3 is 1. The van der Waals surface area contributed by atoms with Gasteiger partial charge in [-0.15, -0.1) is 0 Å². The van der Waals surface area contributed by atoms with Crippen LogP contribution in [0.25, 0.3) is 0 Å². The molecule has 0 saturated carbocycles. The Kier molecular flexibility index (Phi) is 7.53. The molecule has 1 unspecified atom stereocenters. The number of amidine groups is 1. The molecule has 3 rings (SSSR count). The fourth-order valence-corrected chi connectivity index (χ4v) is 4.37. The number of halogens is 1. The molecule has 2 aromatic rings. The molecular formula is C22H24ClN3O3S. The molecule has 0 radical (unpaired) electrons. The molecule has 30 heavy (non-hydrogen) atoms. The highest BCUT2D eigenvalue weighted by Crippen LogP contribution is 2.33. The number of anilines is 1. The van der Waals surface area contributed by atoms with Gasteiger partial charge in [-0.3, -0.25) is 14.5 Å². The zero-order valence-corrected chi connectivity index (χ0v) is 18.7. The van der Waals surface area contributed by atoms with Gasteiger partial charge in [0, 0.05) is 24.2 Å². The third-order valence-corrected chi connectivity index (χ3v) is 6.01. The number of hydrogen-bond donors (Lipinski definition) is 1. The molecule has 1 saturated heterocycles. The van der Waals surface area contributed by atoms with Gasteiger partial charge in [-0.05, 0) is 49.2 Å². The van der Waals surface area contributed by atoms with Crippen LogP contribution in [0, 0.1) is 13.8 Å². The summed E-state index contributed by atoms with van der Waals surface area (Å²) in [6.07, 6.45) is 0.0469. The number of nitrogens with zero attached hydrogens (tertiary/aromatic N) is 2. The zero-order valence-electron chi connectivity index (χ0n) is 17.1. The minimum Gasteiger partial charge on any atom is -0.383 e. The number of aliphatic imine (C=N–C) groups is 1. The number of ether oxygens (including phenoxy) is 1. The smallest absolute Gasteiger partial charge is 0.242 e. The van der Waals surface area contributed by atoms with E-state index in [0.29, 0.717) is 29.0 Å². The number of nitrogens with one attached hydrogen (secondary N) is 1. The minimum absolute atomic E-state index is 0.0469. The van der Waals surface area contributed by atoms with Crippen LogP contribution in [0.3, 0.4) is 0 Å². The summed E-state index contributed by atoms with van der Waals surface area (Å²) in [4.78, 5) is 31.8. The van der Waals surface area contributed by atoms with E-state index < -0.39 is 5.25 Å². The number of aryl methyl sites for hydroxylation is 2. The molecular weight excluding hydrogens is 422 g/mol. The van der Waals surface area contributed by atoms with Crippen molar-refractivity contribution in [2.45, 2.75) is 25.5 Å². The molecule has 1 aliphatic heterocycles. The molecule has 0 spiro atoms. The molecule has 8 heteroatoms. The van der Waals surface area contributed by atoms with Crippen molar-refractivity contribution in [3.05, 3.63) is 58.6 Å². The van der Waals surface area contributed by atoms with Crippen LogP contribution in [0.15, 0.2) is 47.5 Å². The van der Waals surface area contributed by atoms with Crippen LogP contribution in [0.4, 0.5) is 11.4 Å². The van der Waals surface area contributed by atoms with E-state index in [1.807, 2.05) is 32.0 Å². The summed E-state index contributed by atoms with van der Waals surface area (Å²) in [6.45, 7) is 4.76. The summed E-state index contributed by atoms with van der Waals surface area (Å²) in [5, 5.41) is 3.38. The molecule has 6 nitrogen and oxygen atoms in total. The van der Waals surface area contributed by atoms with Crippen LogP contribution in [0.5, 0.6) is 0 Å². The third kappa shape index (κ3) is 5.62. The Morgan fingerprint density at radius 2 is 2.07 bits per heavy atom. The van der Waals surface area contributed by atoms with Crippen molar-refractivity contribution >= 4 is 51.7 Å². The third-order valence-electron chi connectivity index (χ3n) is 4.60. The van der Waals surface area contributed by atoms with E-state index >= 15 is 0 Å². The predicted molar refractivity (Wildman–Crippen MR) is 123 cm³/mol. The quantitative estimate of drug-likeness (QED) is 0.678. The van der Waals surface area contributed by atoms with Gasteiger partial charge in [0.15, 0.2) is 5.17 Å². The predicted octanol–water partition coefficient (Wildman–Crippen LogP) is 4.56. The lowest BCUT2D eigenvalue weighted by atomic mass is 10.1. The van der Waals surface area contributed by atoms with E-state index in [2.05, 4.69) is 5.32 Å². The van der Waals surface area contributed by atoms with E-state index in [0.717, 1.165) is 16.8 Å². The van der Waals surface area contributed by atoms with Gasteiger partial charge >= 0.3 is 0 Å². The van der Waals surface area contributed by atoms with Crippen molar-refractivity contribution in [3.63, 3.8) is 0 Å². The normalized spacial score (nSPS) is 17.6. The molecule has 1 N–H and O–H groups in total. The summed E-state index contributed by atoms with van der Waals surface area (Å²) in [7, 11) is 1.59. The molecule has 1 heterocycles. The Morgan fingerprint density at radius 3 is 2.80 bits per heavy atom. The molecule has 158 valence electrons. The number of amides is 2. The van der Waals surface area contributed by atoms with Crippen LogP contribution in [0.1, 0.15) is 17.5 Å². The number of thioether (sulfide) groups is 1. The van der Waals surface area contributed by atoms with E-state index in [1.54, 1.807) is 36.3 Å². The zero-order chi connectivity index (χ0) is 21.7. The fourth-order valence-electron chi connectivity index (χ4n) is 3.00. The number of rotatable bonds is 7. The van der Waals surface area contributed by atoms with Crippen molar-refractivity contribution in [1.29, 1.82) is 0 Å². The summed E-state index contributed by atoms with van der Waals surface area (Å²) in [5.41, 5.74) is 3.53. The first kappa shape index (κ1) is 22.3. The number of carbonyl (C=O) groups excluding carboxylic acids is 2. The van der Waals surface area contributed by atoms with Crippen molar-refractivity contribution in [1.82, 2.24) is 4.90 Å². The highest BCUT2D eigenvalue weighted by Gasteiger charge is 2.39. The molecule has 1 fully saturated rings. The van der Waals surface area contributed by atoms with Gasteiger partial charge in [0.05, 0.1) is 18.8 Å². The number of benzene rings is 2. The van der Waals surface area contributed by atoms with Crippen molar-refractivity contribution in [2.75, 3.05) is 25.6 Å². The first-order chi connectivity index (χ1) is 14.4. The SMILES string of the molecule is COCCN1C(=O)C(CC(=O)Nc2cccc(Cl)c2)SC1=Nc1cc(C)ccc1C. The lowest BCUT2D eigenvalue weighted by Crippen LogP contribution is -2.35. The van der Waals surface area contributed by atoms with Gasteiger partial charge in [-0.2, -0.15) is 0 Å². The maximum atomic E-state index is 13.0. The number of hydrogen-bond acceptors (Lipinski definition) is 5. The summed E-state index contributed by atoms with van der Waals surface area (Å²) >= 11 is 7.28. The molecule has 2 amide bonds. The standard InChI is InChI=1S/C22H24ClN3O3S/c1-14-7-8-15(2)18(11-14)25-22-26(9-10-29-3)21(28)19(30-22)13-20(27)24-17-6-4-5-16(23)12-17/h4-8,11-12,19H,9-10,13H2,1-3H3,(H,24,27). The maximum Gasteiger partial charge on any atom is 0.242 e. The monoisotopic (exact) mass is 445 g/mol. The molecule has 1 aliphatic rings. The van der Waals surface area contributed by atoms with Crippen molar-refractivity contribution in [2.24, 2.45) is 4.99 Å². The van der Waals surface area contributed by atoms with Crippen LogP contribution < -0.4 is 5.32 Å². The summed E-state index contributed by atoms with van der Waals surface area (Å²) in [5.74, 6) is -0.384. The van der Waals surface area contributed by atoms with Gasteiger partial charge in [-0.25, -0.2) is 4.99 Å².